The van der Waals surface area contributed by atoms with Crippen LogP contribution in [0.2, 0.25) is 5.02 Å². The Labute approximate surface area is 135 Å². The Morgan fingerprint density at radius 3 is 3.00 bits per heavy atom. The Kier molecular flexibility index (Phi) is 5.75. The first kappa shape index (κ1) is 16.4. The minimum Gasteiger partial charge on any atom is -0.386 e. The molecule has 1 N–H and O–H groups in total. The van der Waals surface area contributed by atoms with Crippen LogP contribution in [0.4, 0.5) is 4.39 Å². The highest BCUT2D eigenvalue weighted by Crippen LogP contribution is 2.28. The molecule has 0 saturated heterocycles. The Bertz CT molecular complexity index is 621. The van der Waals surface area contributed by atoms with Crippen LogP contribution >= 0.6 is 27.5 Å². The van der Waals surface area contributed by atoms with Crippen LogP contribution in [-0.2, 0) is 17.7 Å². The van der Waals surface area contributed by atoms with Crippen molar-refractivity contribution in [2.45, 2.75) is 19.1 Å². The molecule has 0 saturated carbocycles. The summed E-state index contributed by atoms with van der Waals surface area (Å²) >= 11 is 9.11. The molecule has 0 aliphatic carbocycles. The fourth-order valence-electron chi connectivity index (χ4n) is 2.07. The molecule has 1 aromatic heterocycles. The van der Waals surface area contributed by atoms with Gasteiger partial charge in [-0.15, -0.1) is 0 Å². The number of aliphatic hydroxyl groups excluding tert-OH is 1. The van der Waals surface area contributed by atoms with Gasteiger partial charge in [0.25, 0.3) is 0 Å². The van der Waals surface area contributed by atoms with E-state index in [1.165, 1.54) is 6.07 Å². The molecule has 2 aromatic rings. The van der Waals surface area contributed by atoms with Crippen molar-refractivity contribution in [3.63, 3.8) is 0 Å². The Morgan fingerprint density at radius 2 is 2.29 bits per heavy atom. The van der Waals surface area contributed by atoms with Gasteiger partial charge in [0.1, 0.15) is 11.9 Å². The number of aliphatic hydroxyl groups is 1. The smallest absolute Gasteiger partial charge is 0.145 e. The summed E-state index contributed by atoms with van der Waals surface area (Å²) in [5, 5.41) is 14.6. The van der Waals surface area contributed by atoms with Crippen molar-refractivity contribution in [3.05, 3.63) is 51.0 Å². The summed E-state index contributed by atoms with van der Waals surface area (Å²) in [5.74, 6) is -0.503. The summed E-state index contributed by atoms with van der Waals surface area (Å²) in [4.78, 5) is 0. The van der Waals surface area contributed by atoms with Crippen LogP contribution < -0.4 is 0 Å². The molecule has 4 nitrogen and oxygen atoms in total. The molecule has 0 spiro atoms. The van der Waals surface area contributed by atoms with Gasteiger partial charge in [0.2, 0.25) is 0 Å². The standard InChI is InChI=1S/C14H15BrClFN2O2/c1-21-6-5-19-14(10(15)8-18-19)12(20)7-9-3-2-4-11(16)13(9)17/h2-4,8,12,20H,5-7H2,1H3. The lowest BCUT2D eigenvalue weighted by Crippen LogP contribution is -2.14. The van der Waals surface area contributed by atoms with Gasteiger partial charge < -0.3 is 9.84 Å². The monoisotopic (exact) mass is 376 g/mol. The fourth-order valence-corrected chi connectivity index (χ4v) is 2.82. The van der Waals surface area contributed by atoms with Gasteiger partial charge in [-0.05, 0) is 27.6 Å². The molecule has 7 heteroatoms. The van der Waals surface area contributed by atoms with Gasteiger partial charge in [-0.3, -0.25) is 4.68 Å². The number of aromatic nitrogens is 2. The number of benzene rings is 1. The number of hydrogen-bond acceptors (Lipinski definition) is 3. The molecule has 1 atom stereocenters. The molecule has 2 rings (SSSR count). The minimum absolute atomic E-state index is 0.0478. The van der Waals surface area contributed by atoms with Gasteiger partial charge in [-0.2, -0.15) is 5.10 Å². The van der Waals surface area contributed by atoms with Gasteiger partial charge >= 0.3 is 0 Å². The van der Waals surface area contributed by atoms with Crippen LogP contribution in [0.25, 0.3) is 0 Å². The van der Waals surface area contributed by atoms with Crippen LogP contribution in [0.3, 0.4) is 0 Å². The number of halogens is 3. The zero-order valence-electron chi connectivity index (χ0n) is 11.4. The lowest BCUT2D eigenvalue weighted by Gasteiger charge is -2.15. The second-order valence-corrected chi connectivity index (χ2v) is 5.79. The summed E-state index contributed by atoms with van der Waals surface area (Å²) in [6.45, 7) is 0.978. The SMILES string of the molecule is COCCn1ncc(Br)c1C(O)Cc1cccc(Cl)c1F. The second kappa shape index (κ2) is 7.35. The maximum absolute atomic E-state index is 13.9. The van der Waals surface area contributed by atoms with E-state index in [1.807, 2.05) is 0 Å². The normalized spacial score (nSPS) is 12.6. The van der Waals surface area contributed by atoms with Crippen molar-refractivity contribution in [3.8, 4) is 0 Å². The third-order valence-corrected chi connectivity index (χ3v) is 4.00. The van der Waals surface area contributed by atoms with Crippen LogP contribution in [0.1, 0.15) is 17.4 Å². The topological polar surface area (TPSA) is 47.3 Å². The van der Waals surface area contributed by atoms with E-state index in [0.717, 1.165) is 0 Å². The minimum atomic E-state index is -0.897. The van der Waals surface area contributed by atoms with Crippen molar-refractivity contribution in [2.24, 2.45) is 0 Å². The average Bonchev–Trinajstić information content (AvgIpc) is 2.82. The van der Waals surface area contributed by atoms with Crippen LogP contribution in [-0.4, -0.2) is 28.6 Å². The van der Waals surface area contributed by atoms with Gasteiger partial charge in [0.15, 0.2) is 0 Å². The zero-order valence-corrected chi connectivity index (χ0v) is 13.7. The number of hydrogen-bond donors (Lipinski definition) is 1. The molecule has 1 aromatic carbocycles. The number of rotatable bonds is 6. The molecule has 21 heavy (non-hydrogen) atoms. The molecule has 0 amide bonds. The second-order valence-electron chi connectivity index (χ2n) is 4.53. The highest BCUT2D eigenvalue weighted by molar-refractivity contribution is 9.10. The Hall–Kier alpha value is -0.950. The van der Waals surface area contributed by atoms with Crippen LogP contribution in [0, 0.1) is 5.82 Å². The summed E-state index contributed by atoms with van der Waals surface area (Å²) in [6, 6.07) is 4.74. The highest BCUT2D eigenvalue weighted by Gasteiger charge is 2.20. The fraction of sp³-hybridized carbons (Fsp3) is 0.357. The van der Waals surface area contributed by atoms with E-state index >= 15 is 0 Å². The van der Waals surface area contributed by atoms with E-state index in [9.17, 15) is 9.50 Å². The summed E-state index contributed by atoms with van der Waals surface area (Å²) < 4.78 is 21.2. The number of methoxy groups -OCH3 is 1. The van der Waals surface area contributed by atoms with Crippen LogP contribution in [0.5, 0.6) is 0 Å². The van der Waals surface area contributed by atoms with Crippen LogP contribution in [0.15, 0.2) is 28.9 Å². The van der Waals surface area contributed by atoms with E-state index in [0.29, 0.717) is 28.9 Å². The van der Waals surface area contributed by atoms with Crippen molar-refractivity contribution >= 4 is 27.5 Å². The van der Waals surface area contributed by atoms with Crippen molar-refractivity contribution in [1.29, 1.82) is 0 Å². The molecule has 0 bridgehead atoms. The van der Waals surface area contributed by atoms with Gasteiger partial charge in [0, 0.05) is 13.5 Å². The predicted molar refractivity (Wildman–Crippen MR) is 81.9 cm³/mol. The first-order valence-corrected chi connectivity index (χ1v) is 7.52. The molecule has 0 radical (unpaired) electrons. The predicted octanol–water partition coefficient (Wildman–Crippen LogP) is 3.36. The van der Waals surface area contributed by atoms with E-state index in [1.54, 1.807) is 30.1 Å². The molecule has 114 valence electrons. The molecular weight excluding hydrogens is 363 g/mol. The van der Waals surface area contributed by atoms with Gasteiger partial charge in [-0.25, -0.2) is 4.39 Å². The Balaban J connectivity index is 2.22. The quantitative estimate of drug-likeness (QED) is 0.840. The Morgan fingerprint density at radius 1 is 1.52 bits per heavy atom. The van der Waals surface area contributed by atoms with E-state index < -0.39 is 11.9 Å². The van der Waals surface area contributed by atoms with E-state index in [2.05, 4.69) is 21.0 Å². The third-order valence-electron chi connectivity index (χ3n) is 3.10. The van der Waals surface area contributed by atoms with Gasteiger partial charge in [-0.1, -0.05) is 23.7 Å². The number of nitrogens with zero attached hydrogens (tertiary/aromatic N) is 2. The first-order chi connectivity index (χ1) is 10.0. The maximum Gasteiger partial charge on any atom is 0.145 e. The summed E-state index contributed by atoms with van der Waals surface area (Å²) in [5.41, 5.74) is 0.952. The molecule has 0 fully saturated rings. The largest absolute Gasteiger partial charge is 0.386 e. The number of ether oxygens (including phenoxy) is 1. The molecule has 0 aliphatic rings. The van der Waals surface area contributed by atoms with E-state index in [4.69, 9.17) is 16.3 Å². The molecule has 0 aliphatic heterocycles. The molecular formula is C14H15BrClFN2O2. The molecule has 1 heterocycles. The summed E-state index contributed by atoms with van der Waals surface area (Å²) in [6.07, 6.45) is 0.818. The third kappa shape index (κ3) is 3.83. The highest BCUT2D eigenvalue weighted by atomic mass is 79.9. The van der Waals surface area contributed by atoms with Crippen molar-refractivity contribution in [2.75, 3.05) is 13.7 Å². The van der Waals surface area contributed by atoms with Gasteiger partial charge in [0.05, 0.1) is 34.5 Å². The average molecular weight is 378 g/mol. The van der Waals surface area contributed by atoms with E-state index in [-0.39, 0.29) is 11.4 Å². The van der Waals surface area contributed by atoms with Crippen molar-refractivity contribution in [1.82, 2.24) is 9.78 Å². The lowest BCUT2D eigenvalue weighted by molar-refractivity contribution is 0.152. The zero-order chi connectivity index (χ0) is 15.4. The van der Waals surface area contributed by atoms with Crippen molar-refractivity contribution < 1.29 is 14.2 Å². The maximum atomic E-state index is 13.9. The first-order valence-electron chi connectivity index (χ1n) is 6.35. The summed E-state index contributed by atoms with van der Waals surface area (Å²) in [7, 11) is 1.59. The lowest BCUT2D eigenvalue weighted by atomic mass is 10.1. The molecule has 1 unspecified atom stereocenters.